The van der Waals surface area contributed by atoms with E-state index in [4.69, 9.17) is 4.74 Å². The van der Waals surface area contributed by atoms with Gasteiger partial charge in [0.25, 0.3) is 5.91 Å². The van der Waals surface area contributed by atoms with Crippen LogP contribution in [-0.2, 0) is 22.6 Å². The van der Waals surface area contributed by atoms with Crippen molar-refractivity contribution in [3.05, 3.63) is 89.5 Å². The normalized spacial score (nSPS) is 12.1. The van der Waals surface area contributed by atoms with Gasteiger partial charge >= 0.3 is 0 Å². The lowest BCUT2D eigenvalue weighted by atomic mass is 9.95. The van der Waals surface area contributed by atoms with Gasteiger partial charge in [0.05, 0.1) is 37.7 Å². The van der Waals surface area contributed by atoms with Gasteiger partial charge in [0, 0.05) is 42.7 Å². The summed E-state index contributed by atoms with van der Waals surface area (Å²) >= 11 is 0. The summed E-state index contributed by atoms with van der Waals surface area (Å²) in [5.41, 5.74) is 6.90. The fraction of sp³-hybridized carbons (Fsp3) is 0.312. The number of carbonyl (C=O) groups excluding carboxylic acids is 2. The highest BCUT2D eigenvalue weighted by molar-refractivity contribution is 6.00. The molecule has 10 nitrogen and oxygen atoms in total. The molecule has 2 heterocycles. The van der Waals surface area contributed by atoms with Gasteiger partial charge in [-0.15, -0.1) is 5.10 Å². The topological polar surface area (TPSA) is 113 Å². The molecule has 0 atom stereocenters. The third-order valence-corrected chi connectivity index (χ3v) is 7.25. The fourth-order valence-electron chi connectivity index (χ4n) is 5.06. The standard InChI is InChI=1S/C32H37N7O3/c1-33-16-15-29(40)38-22-25-7-3-4-8-26(25)30-31(27-9-5-6-10-28(27)38)39(37-36-30)21-23-11-13-24(14-12-23)32(41)35-18-20-42-19-17-34-2/h3-14,33-34H,15-22H2,1-2H3,(H,35,41). The van der Waals surface area contributed by atoms with Crippen LogP contribution in [0.1, 0.15) is 27.9 Å². The van der Waals surface area contributed by atoms with Crippen LogP contribution in [0.2, 0.25) is 0 Å². The van der Waals surface area contributed by atoms with Crippen molar-refractivity contribution < 1.29 is 14.3 Å². The summed E-state index contributed by atoms with van der Waals surface area (Å²) in [7, 11) is 3.72. The number of benzene rings is 3. The lowest BCUT2D eigenvalue weighted by Crippen LogP contribution is -2.33. The van der Waals surface area contributed by atoms with E-state index in [1.165, 1.54) is 0 Å². The van der Waals surface area contributed by atoms with Crippen molar-refractivity contribution in [3.8, 4) is 22.5 Å². The van der Waals surface area contributed by atoms with Crippen LogP contribution < -0.4 is 20.9 Å². The number of ether oxygens (including phenoxy) is 1. The Morgan fingerprint density at radius 1 is 0.857 bits per heavy atom. The molecule has 218 valence electrons. The molecule has 0 radical (unpaired) electrons. The van der Waals surface area contributed by atoms with Gasteiger partial charge in [0.1, 0.15) is 5.69 Å². The predicted octanol–water partition coefficient (Wildman–Crippen LogP) is 3.08. The van der Waals surface area contributed by atoms with Crippen molar-refractivity contribution in [2.24, 2.45) is 0 Å². The Hall–Kier alpha value is -4.38. The minimum absolute atomic E-state index is 0.0486. The maximum absolute atomic E-state index is 13.4. The molecule has 10 heteroatoms. The van der Waals surface area contributed by atoms with Crippen LogP contribution in [0, 0.1) is 0 Å². The number of hydrogen-bond donors (Lipinski definition) is 3. The van der Waals surface area contributed by atoms with Crippen molar-refractivity contribution in [1.82, 2.24) is 30.9 Å². The molecule has 1 aliphatic rings. The van der Waals surface area contributed by atoms with Crippen LogP contribution in [-0.4, -0.2) is 73.8 Å². The average molecular weight is 568 g/mol. The molecular formula is C32H37N7O3. The van der Waals surface area contributed by atoms with Gasteiger partial charge in [0.15, 0.2) is 0 Å². The Bertz CT molecular complexity index is 1520. The van der Waals surface area contributed by atoms with E-state index in [1.54, 1.807) is 0 Å². The maximum atomic E-state index is 13.4. The minimum atomic E-state index is -0.141. The summed E-state index contributed by atoms with van der Waals surface area (Å²) in [6.07, 6.45) is 0.390. The molecule has 1 aromatic heterocycles. The van der Waals surface area contributed by atoms with Crippen molar-refractivity contribution in [3.63, 3.8) is 0 Å². The Balaban J connectivity index is 1.42. The zero-order chi connectivity index (χ0) is 29.3. The molecule has 2 amide bonds. The second-order valence-corrected chi connectivity index (χ2v) is 10.1. The van der Waals surface area contributed by atoms with E-state index in [1.807, 2.05) is 96.5 Å². The molecule has 0 spiro atoms. The number of likely N-dealkylation sites (N-methyl/N-ethyl adjacent to an activating group) is 1. The zero-order valence-electron chi connectivity index (χ0n) is 24.1. The third-order valence-electron chi connectivity index (χ3n) is 7.25. The number of amides is 2. The Labute approximate surface area is 246 Å². The van der Waals surface area contributed by atoms with Crippen molar-refractivity contribution >= 4 is 17.5 Å². The van der Waals surface area contributed by atoms with Crippen LogP contribution in [0.5, 0.6) is 0 Å². The summed E-state index contributed by atoms with van der Waals surface area (Å²) in [5, 5.41) is 18.2. The van der Waals surface area contributed by atoms with Crippen LogP contribution in [0.3, 0.4) is 0 Å². The predicted molar refractivity (Wildman–Crippen MR) is 163 cm³/mol. The van der Waals surface area contributed by atoms with E-state index >= 15 is 0 Å². The van der Waals surface area contributed by atoms with E-state index in [-0.39, 0.29) is 11.8 Å². The highest BCUT2D eigenvalue weighted by atomic mass is 16.5. The van der Waals surface area contributed by atoms with Crippen molar-refractivity contribution in [1.29, 1.82) is 0 Å². The first-order valence-corrected chi connectivity index (χ1v) is 14.3. The first kappa shape index (κ1) is 29.1. The van der Waals surface area contributed by atoms with Gasteiger partial charge in [-0.3, -0.25) is 9.59 Å². The van der Waals surface area contributed by atoms with E-state index in [2.05, 4.69) is 26.3 Å². The average Bonchev–Trinajstić information content (AvgIpc) is 3.42. The van der Waals surface area contributed by atoms with Crippen molar-refractivity contribution in [2.45, 2.75) is 19.5 Å². The van der Waals surface area contributed by atoms with Crippen LogP contribution in [0.4, 0.5) is 5.69 Å². The summed E-state index contributed by atoms with van der Waals surface area (Å²) in [6, 6.07) is 23.5. The Kier molecular flexibility index (Phi) is 9.70. The Morgan fingerprint density at radius 3 is 2.36 bits per heavy atom. The molecule has 0 aliphatic carbocycles. The number of rotatable bonds is 12. The first-order chi connectivity index (χ1) is 20.6. The second-order valence-electron chi connectivity index (χ2n) is 10.1. The molecule has 4 aromatic rings. The number of nitrogens with zero attached hydrogens (tertiary/aromatic N) is 4. The van der Waals surface area contributed by atoms with Crippen molar-refractivity contribution in [2.75, 3.05) is 51.8 Å². The molecule has 3 N–H and O–H groups in total. The second kappa shape index (κ2) is 14.0. The third kappa shape index (κ3) is 6.57. The quantitative estimate of drug-likeness (QED) is 0.226. The lowest BCUT2D eigenvalue weighted by molar-refractivity contribution is -0.118. The zero-order valence-corrected chi connectivity index (χ0v) is 24.1. The number of aromatic nitrogens is 3. The number of para-hydroxylation sites is 1. The minimum Gasteiger partial charge on any atom is -0.378 e. The van der Waals surface area contributed by atoms with E-state index in [0.717, 1.165) is 45.9 Å². The van der Waals surface area contributed by atoms with E-state index in [9.17, 15) is 9.59 Å². The summed E-state index contributed by atoms with van der Waals surface area (Å²) in [5.74, 6) is -0.0920. The summed E-state index contributed by atoms with van der Waals surface area (Å²) in [6.45, 7) is 3.80. The molecular weight excluding hydrogens is 530 g/mol. The van der Waals surface area contributed by atoms with E-state index < -0.39 is 0 Å². The molecule has 0 bridgehead atoms. The summed E-state index contributed by atoms with van der Waals surface area (Å²) < 4.78 is 7.35. The molecule has 1 aliphatic heterocycles. The number of nitrogens with one attached hydrogen (secondary N) is 3. The molecule has 0 fully saturated rings. The highest BCUT2D eigenvalue weighted by Gasteiger charge is 2.28. The number of anilines is 1. The number of hydrogen-bond acceptors (Lipinski definition) is 7. The van der Waals surface area contributed by atoms with Gasteiger partial charge in [-0.25, -0.2) is 4.68 Å². The molecule has 5 rings (SSSR count). The maximum Gasteiger partial charge on any atom is 0.251 e. The first-order valence-electron chi connectivity index (χ1n) is 14.3. The Morgan fingerprint density at radius 2 is 1.57 bits per heavy atom. The van der Waals surface area contributed by atoms with Crippen LogP contribution in [0.25, 0.3) is 22.5 Å². The molecule has 3 aromatic carbocycles. The van der Waals surface area contributed by atoms with Crippen LogP contribution >= 0.6 is 0 Å². The van der Waals surface area contributed by atoms with Gasteiger partial charge in [-0.1, -0.05) is 59.8 Å². The van der Waals surface area contributed by atoms with Gasteiger partial charge in [-0.05, 0) is 43.4 Å². The molecule has 0 unspecified atom stereocenters. The molecule has 0 saturated carbocycles. The largest absolute Gasteiger partial charge is 0.378 e. The smallest absolute Gasteiger partial charge is 0.251 e. The number of fused-ring (bicyclic) bond motifs is 5. The highest BCUT2D eigenvalue weighted by Crippen LogP contribution is 2.41. The van der Waals surface area contributed by atoms with Crippen LogP contribution in [0.15, 0.2) is 72.8 Å². The monoisotopic (exact) mass is 567 g/mol. The van der Waals surface area contributed by atoms with Gasteiger partial charge in [-0.2, -0.15) is 0 Å². The van der Waals surface area contributed by atoms with Gasteiger partial charge in [0.2, 0.25) is 5.91 Å². The fourth-order valence-corrected chi connectivity index (χ4v) is 5.06. The van der Waals surface area contributed by atoms with E-state index in [0.29, 0.717) is 51.4 Å². The van der Waals surface area contributed by atoms with Gasteiger partial charge < -0.3 is 25.6 Å². The number of carbonyl (C=O) groups is 2. The molecule has 42 heavy (non-hydrogen) atoms. The SMILES string of the molecule is CNCCOCCNC(=O)c1ccc(Cn2nnc3c2-c2ccccc2N(C(=O)CCNC)Cc2ccccc2-3)cc1. The summed E-state index contributed by atoms with van der Waals surface area (Å²) in [4.78, 5) is 27.9. The molecule has 0 saturated heterocycles. The lowest BCUT2D eigenvalue weighted by Gasteiger charge is -2.29.